The van der Waals surface area contributed by atoms with Gasteiger partial charge < -0.3 is 15.6 Å². The summed E-state index contributed by atoms with van der Waals surface area (Å²) in [6.45, 7) is 1.85. The van der Waals surface area contributed by atoms with E-state index in [2.05, 4.69) is 26.3 Å². The summed E-state index contributed by atoms with van der Waals surface area (Å²) in [5.74, 6) is -0.297. The Morgan fingerprint density at radius 3 is 2.97 bits per heavy atom. The SMILES string of the molecule is C[NH2+]c1cc(Cl)ccc1C(=N)c1cnc2[nH]cc(C(=O)NC(C)CCC#N)c2n1. The number of aromatic nitrogens is 3. The fourth-order valence-corrected chi connectivity index (χ4v) is 3.16. The van der Waals surface area contributed by atoms with E-state index in [1.807, 2.05) is 19.3 Å². The van der Waals surface area contributed by atoms with E-state index in [-0.39, 0.29) is 17.7 Å². The van der Waals surface area contributed by atoms with Crippen LogP contribution in [0.3, 0.4) is 0 Å². The number of hydrogen-bond acceptors (Lipinski definition) is 5. The molecule has 2 aromatic heterocycles. The summed E-state index contributed by atoms with van der Waals surface area (Å²) in [6.07, 6.45) is 4.00. The van der Waals surface area contributed by atoms with Crippen LogP contribution in [0.5, 0.6) is 0 Å². The first-order valence-electron chi connectivity index (χ1n) is 9.14. The standard InChI is InChI=1S/C20H20ClN7O/c1-11(4-3-7-22)27-20(29)14-9-25-19-18(14)28-16(10-26-19)17(23)13-6-5-12(21)8-15(13)24-2/h5-6,8-11,23-24H,3-4H2,1-2H3,(H,25,26)(H,27,29)/p+1. The minimum Gasteiger partial charge on any atom is -0.349 e. The molecular weight excluding hydrogens is 390 g/mol. The van der Waals surface area contributed by atoms with Crippen LogP contribution in [0, 0.1) is 16.7 Å². The highest BCUT2D eigenvalue weighted by Gasteiger charge is 2.19. The van der Waals surface area contributed by atoms with Crippen LogP contribution in [0.1, 0.15) is 41.4 Å². The molecule has 1 atom stereocenters. The number of carbonyl (C=O) groups is 1. The predicted molar refractivity (Wildman–Crippen MR) is 111 cm³/mol. The second kappa shape index (κ2) is 8.82. The molecule has 3 aromatic rings. The second-order valence-corrected chi connectivity index (χ2v) is 7.06. The van der Waals surface area contributed by atoms with Crippen molar-refractivity contribution in [3.8, 4) is 6.07 Å². The highest BCUT2D eigenvalue weighted by molar-refractivity contribution is 6.31. The van der Waals surface area contributed by atoms with Gasteiger partial charge in [-0.1, -0.05) is 11.6 Å². The number of nitrogens with zero attached hydrogens (tertiary/aromatic N) is 3. The fourth-order valence-electron chi connectivity index (χ4n) is 2.98. The molecule has 0 spiro atoms. The third-order valence-electron chi connectivity index (χ3n) is 4.54. The van der Waals surface area contributed by atoms with Gasteiger partial charge in [-0.2, -0.15) is 5.26 Å². The molecule has 0 saturated heterocycles. The van der Waals surface area contributed by atoms with E-state index in [1.165, 1.54) is 6.20 Å². The molecule has 2 heterocycles. The van der Waals surface area contributed by atoms with Crippen LogP contribution < -0.4 is 10.6 Å². The van der Waals surface area contributed by atoms with Crippen LogP contribution in [-0.2, 0) is 0 Å². The molecule has 29 heavy (non-hydrogen) atoms. The minimum absolute atomic E-state index is 0.141. The number of carbonyl (C=O) groups excluding carboxylic acids is 1. The average molecular weight is 411 g/mol. The lowest BCUT2D eigenvalue weighted by molar-refractivity contribution is -0.539. The molecule has 5 N–H and O–H groups in total. The van der Waals surface area contributed by atoms with Gasteiger partial charge in [0.05, 0.1) is 36.2 Å². The van der Waals surface area contributed by atoms with E-state index in [4.69, 9.17) is 22.3 Å². The number of halogens is 1. The number of quaternary nitrogens is 1. The monoisotopic (exact) mass is 410 g/mol. The Kier molecular flexibility index (Phi) is 6.22. The number of aromatic amines is 1. The number of nitrogens with two attached hydrogens (primary N) is 1. The van der Waals surface area contributed by atoms with E-state index in [0.717, 1.165) is 5.69 Å². The Labute approximate surface area is 172 Å². The summed E-state index contributed by atoms with van der Waals surface area (Å²) in [6, 6.07) is 7.21. The second-order valence-electron chi connectivity index (χ2n) is 6.62. The first-order valence-corrected chi connectivity index (χ1v) is 9.52. The van der Waals surface area contributed by atoms with Gasteiger partial charge in [-0.15, -0.1) is 0 Å². The van der Waals surface area contributed by atoms with Gasteiger partial charge in [0.1, 0.15) is 16.9 Å². The van der Waals surface area contributed by atoms with E-state index in [0.29, 0.717) is 45.8 Å². The summed E-state index contributed by atoms with van der Waals surface area (Å²) < 4.78 is 0. The lowest BCUT2D eigenvalue weighted by Gasteiger charge is -2.11. The van der Waals surface area contributed by atoms with Gasteiger partial charge in [0.15, 0.2) is 5.65 Å². The number of amides is 1. The van der Waals surface area contributed by atoms with Crippen molar-refractivity contribution < 1.29 is 10.1 Å². The van der Waals surface area contributed by atoms with Crippen LogP contribution in [0.2, 0.25) is 5.02 Å². The summed E-state index contributed by atoms with van der Waals surface area (Å²) >= 11 is 6.05. The van der Waals surface area contributed by atoms with Gasteiger partial charge in [-0.25, -0.2) is 9.97 Å². The third-order valence-corrected chi connectivity index (χ3v) is 4.78. The van der Waals surface area contributed by atoms with Crippen LogP contribution in [0.25, 0.3) is 11.2 Å². The molecule has 0 fully saturated rings. The van der Waals surface area contributed by atoms with Gasteiger partial charge in [0.25, 0.3) is 5.91 Å². The van der Waals surface area contributed by atoms with Gasteiger partial charge in [-0.3, -0.25) is 10.2 Å². The van der Waals surface area contributed by atoms with Gasteiger partial charge in [0, 0.05) is 29.7 Å². The van der Waals surface area contributed by atoms with Crippen LogP contribution >= 0.6 is 11.6 Å². The van der Waals surface area contributed by atoms with Crippen molar-refractivity contribution in [2.45, 2.75) is 25.8 Å². The third kappa shape index (κ3) is 4.42. The number of nitrogens with one attached hydrogen (secondary N) is 3. The van der Waals surface area contributed by atoms with Crippen molar-refractivity contribution >= 4 is 40.1 Å². The molecule has 8 nitrogen and oxygen atoms in total. The largest absolute Gasteiger partial charge is 0.349 e. The minimum atomic E-state index is -0.297. The smallest absolute Gasteiger partial charge is 0.255 e. The van der Waals surface area contributed by atoms with Crippen LogP contribution in [0.15, 0.2) is 30.6 Å². The Hall–Kier alpha value is -3.28. The molecule has 0 bridgehead atoms. The molecule has 1 aromatic carbocycles. The summed E-state index contributed by atoms with van der Waals surface area (Å²) in [4.78, 5) is 24.4. The lowest BCUT2D eigenvalue weighted by Crippen LogP contribution is -2.73. The maximum absolute atomic E-state index is 12.6. The van der Waals surface area contributed by atoms with Gasteiger partial charge in [-0.05, 0) is 25.5 Å². The van der Waals surface area contributed by atoms with E-state index in [1.54, 1.807) is 24.4 Å². The quantitative estimate of drug-likeness (QED) is 0.351. The summed E-state index contributed by atoms with van der Waals surface area (Å²) in [5, 5.41) is 22.6. The van der Waals surface area contributed by atoms with Crippen molar-refractivity contribution in [3.05, 3.63) is 52.4 Å². The molecule has 0 aliphatic rings. The van der Waals surface area contributed by atoms with Crippen molar-refractivity contribution in [1.82, 2.24) is 20.3 Å². The Morgan fingerprint density at radius 2 is 2.24 bits per heavy atom. The zero-order valence-corrected chi connectivity index (χ0v) is 16.8. The summed E-state index contributed by atoms with van der Waals surface area (Å²) in [5.41, 5.74) is 3.26. The van der Waals surface area contributed by atoms with Gasteiger partial charge in [0.2, 0.25) is 0 Å². The zero-order valence-electron chi connectivity index (χ0n) is 16.1. The molecule has 3 rings (SSSR count). The maximum Gasteiger partial charge on any atom is 0.255 e. The van der Waals surface area contributed by atoms with E-state index >= 15 is 0 Å². The Bertz CT molecular complexity index is 1120. The highest BCUT2D eigenvalue weighted by atomic mass is 35.5. The van der Waals surface area contributed by atoms with Crippen molar-refractivity contribution in [2.75, 3.05) is 7.05 Å². The van der Waals surface area contributed by atoms with Gasteiger partial charge >= 0.3 is 0 Å². The van der Waals surface area contributed by atoms with E-state index in [9.17, 15) is 4.79 Å². The van der Waals surface area contributed by atoms with Crippen molar-refractivity contribution in [2.24, 2.45) is 0 Å². The molecule has 0 saturated carbocycles. The lowest BCUT2D eigenvalue weighted by atomic mass is 10.1. The number of fused-ring (bicyclic) bond motifs is 1. The highest BCUT2D eigenvalue weighted by Crippen LogP contribution is 2.21. The molecular formula is C20H21ClN7O+. The summed E-state index contributed by atoms with van der Waals surface area (Å²) in [7, 11) is 1.87. The molecule has 0 aliphatic carbocycles. The number of benzene rings is 1. The Balaban J connectivity index is 1.92. The number of nitriles is 1. The number of rotatable bonds is 7. The first kappa shape index (κ1) is 20.5. The average Bonchev–Trinajstić information content (AvgIpc) is 3.15. The van der Waals surface area contributed by atoms with Crippen molar-refractivity contribution in [1.29, 1.82) is 10.7 Å². The molecule has 0 radical (unpaired) electrons. The van der Waals surface area contributed by atoms with Crippen LogP contribution in [-0.4, -0.2) is 39.7 Å². The first-order chi connectivity index (χ1) is 13.9. The molecule has 9 heteroatoms. The molecule has 0 aliphatic heterocycles. The number of H-pyrrole nitrogens is 1. The normalized spacial score (nSPS) is 11.8. The van der Waals surface area contributed by atoms with Crippen LogP contribution in [0.4, 0.5) is 5.69 Å². The predicted octanol–water partition coefficient (Wildman–Crippen LogP) is 2.27. The molecule has 1 amide bonds. The Morgan fingerprint density at radius 1 is 1.45 bits per heavy atom. The van der Waals surface area contributed by atoms with Crippen molar-refractivity contribution in [3.63, 3.8) is 0 Å². The number of hydrogen-bond donors (Lipinski definition) is 4. The topological polar surface area (TPSA) is 135 Å². The maximum atomic E-state index is 12.6. The zero-order chi connectivity index (χ0) is 21.0. The fraction of sp³-hybridized carbons (Fsp3) is 0.250. The molecule has 1 unspecified atom stereocenters. The van der Waals surface area contributed by atoms with E-state index < -0.39 is 0 Å². The molecule has 148 valence electrons.